The van der Waals surface area contributed by atoms with Crippen molar-refractivity contribution in [3.8, 4) is 6.07 Å². The number of hydrogen-bond donors (Lipinski definition) is 1. The van der Waals surface area contributed by atoms with Crippen LogP contribution in [0.1, 0.15) is 19.4 Å². The summed E-state index contributed by atoms with van der Waals surface area (Å²) in [5, 5.41) is 12.6. The van der Waals surface area contributed by atoms with Crippen molar-refractivity contribution in [2.24, 2.45) is 5.41 Å². The summed E-state index contributed by atoms with van der Waals surface area (Å²) in [6.45, 7) is 3.55. The molecule has 1 aromatic heterocycles. The largest absolute Gasteiger partial charge is 0.464 e. The Hall–Kier alpha value is -2.28. The van der Waals surface area contributed by atoms with Crippen LogP contribution in [-0.2, 0) is 11.3 Å². The van der Waals surface area contributed by atoms with Gasteiger partial charge in [0.15, 0.2) is 0 Å². The molecule has 92 valence electrons. The number of para-hydroxylation sites is 1. The molecule has 0 bridgehead atoms. The first-order chi connectivity index (χ1) is 8.54. The van der Waals surface area contributed by atoms with E-state index in [2.05, 4.69) is 5.32 Å². The van der Waals surface area contributed by atoms with E-state index in [1.54, 1.807) is 20.1 Å². The Morgan fingerprint density at radius 2 is 2.17 bits per heavy atom. The molecule has 0 saturated carbocycles. The van der Waals surface area contributed by atoms with E-state index in [0.29, 0.717) is 6.54 Å². The van der Waals surface area contributed by atoms with Crippen LogP contribution in [0.3, 0.4) is 0 Å². The standard InChI is InChI=1S/C14H14N2O2/c1-14(2,9-15)13(17)16-7-10-8-18-12-6-4-3-5-11(10)12/h3-6,8H,7H2,1-2H3,(H,16,17). The minimum absolute atomic E-state index is 0.282. The lowest BCUT2D eigenvalue weighted by Crippen LogP contribution is -2.35. The molecule has 1 heterocycles. The molecular weight excluding hydrogens is 228 g/mol. The van der Waals surface area contributed by atoms with Gasteiger partial charge in [0.1, 0.15) is 11.0 Å². The van der Waals surface area contributed by atoms with Crippen LogP contribution < -0.4 is 5.32 Å². The van der Waals surface area contributed by atoms with Crippen molar-refractivity contribution in [2.75, 3.05) is 0 Å². The number of rotatable bonds is 3. The third-order valence-corrected chi connectivity index (χ3v) is 2.85. The molecule has 4 heteroatoms. The first kappa shape index (κ1) is 12.2. The lowest BCUT2D eigenvalue weighted by atomic mass is 9.95. The number of nitrogens with zero attached hydrogens (tertiary/aromatic N) is 1. The number of nitrogens with one attached hydrogen (secondary N) is 1. The van der Waals surface area contributed by atoms with Gasteiger partial charge in [0.05, 0.1) is 12.3 Å². The Labute approximate surface area is 105 Å². The van der Waals surface area contributed by atoms with Gasteiger partial charge in [0.2, 0.25) is 5.91 Å². The van der Waals surface area contributed by atoms with Crippen LogP contribution >= 0.6 is 0 Å². The smallest absolute Gasteiger partial charge is 0.240 e. The molecule has 4 nitrogen and oxygen atoms in total. The van der Waals surface area contributed by atoms with Gasteiger partial charge in [-0.3, -0.25) is 4.79 Å². The van der Waals surface area contributed by atoms with Gasteiger partial charge in [0, 0.05) is 17.5 Å². The third-order valence-electron chi connectivity index (χ3n) is 2.85. The molecule has 0 radical (unpaired) electrons. The second-order valence-electron chi connectivity index (χ2n) is 4.68. The average molecular weight is 242 g/mol. The summed E-state index contributed by atoms with van der Waals surface area (Å²) in [6, 6.07) is 9.60. The van der Waals surface area contributed by atoms with Crippen molar-refractivity contribution in [1.82, 2.24) is 5.32 Å². The minimum Gasteiger partial charge on any atom is -0.464 e. The third kappa shape index (κ3) is 2.21. The lowest BCUT2D eigenvalue weighted by Gasteiger charge is -2.14. The fraction of sp³-hybridized carbons (Fsp3) is 0.286. The van der Waals surface area contributed by atoms with Gasteiger partial charge in [0.25, 0.3) is 0 Å². The van der Waals surface area contributed by atoms with Crippen LogP contribution in [0.15, 0.2) is 34.9 Å². The fourth-order valence-corrected chi connectivity index (χ4v) is 1.62. The summed E-state index contributed by atoms with van der Waals surface area (Å²) in [4.78, 5) is 11.8. The minimum atomic E-state index is -1.01. The quantitative estimate of drug-likeness (QED) is 0.899. The number of furan rings is 1. The topological polar surface area (TPSA) is 66.0 Å². The summed E-state index contributed by atoms with van der Waals surface area (Å²) < 4.78 is 5.38. The molecular formula is C14H14N2O2. The molecule has 0 atom stereocenters. The monoisotopic (exact) mass is 242 g/mol. The molecule has 0 unspecified atom stereocenters. The van der Waals surface area contributed by atoms with Crippen LogP contribution in [0.25, 0.3) is 11.0 Å². The molecule has 1 amide bonds. The van der Waals surface area contributed by atoms with Gasteiger partial charge >= 0.3 is 0 Å². The highest BCUT2D eigenvalue weighted by atomic mass is 16.3. The van der Waals surface area contributed by atoms with Gasteiger partial charge in [-0.05, 0) is 19.9 Å². The SMILES string of the molecule is CC(C)(C#N)C(=O)NCc1coc2ccccc12. The van der Waals surface area contributed by atoms with Crippen LogP contribution in [0, 0.1) is 16.7 Å². The molecule has 2 rings (SSSR count). The van der Waals surface area contributed by atoms with Crippen molar-refractivity contribution in [3.05, 3.63) is 36.1 Å². The molecule has 2 aromatic rings. The first-order valence-electron chi connectivity index (χ1n) is 5.69. The fourth-order valence-electron chi connectivity index (χ4n) is 1.62. The number of amides is 1. The van der Waals surface area contributed by atoms with Crippen molar-refractivity contribution in [2.45, 2.75) is 20.4 Å². The molecule has 0 aliphatic rings. The van der Waals surface area contributed by atoms with E-state index in [1.807, 2.05) is 30.3 Å². The van der Waals surface area contributed by atoms with Crippen molar-refractivity contribution in [3.63, 3.8) is 0 Å². The number of carbonyl (C=O) groups is 1. The van der Waals surface area contributed by atoms with Gasteiger partial charge in [-0.2, -0.15) is 5.26 Å². The molecule has 0 aliphatic heterocycles. The average Bonchev–Trinajstić information content (AvgIpc) is 2.79. The highest BCUT2D eigenvalue weighted by molar-refractivity contribution is 5.85. The van der Waals surface area contributed by atoms with Crippen LogP contribution in [-0.4, -0.2) is 5.91 Å². The Bertz CT molecular complexity index is 620. The number of carbonyl (C=O) groups excluding carboxylic acids is 1. The molecule has 1 N–H and O–H groups in total. The molecule has 1 aromatic carbocycles. The maximum Gasteiger partial charge on any atom is 0.240 e. The molecule has 18 heavy (non-hydrogen) atoms. The summed E-state index contributed by atoms with van der Waals surface area (Å²) >= 11 is 0. The summed E-state index contributed by atoms with van der Waals surface area (Å²) in [5.74, 6) is -0.282. The van der Waals surface area contributed by atoms with Crippen LogP contribution in [0.2, 0.25) is 0 Å². The van der Waals surface area contributed by atoms with Crippen molar-refractivity contribution in [1.29, 1.82) is 5.26 Å². The number of benzene rings is 1. The normalized spacial score (nSPS) is 11.2. The van der Waals surface area contributed by atoms with Crippen LogP contribution in [0.4, 0.5) is 0 Å². The Balaban J connectivity index is 2.12. The zero-order valence-electron chi connectivity index (χ0n) is 10.4. The second-order valence-corrected chi connectivity index (χ2v) is 4.68. The summed E-state index contributed by atoms with van der Waals surface area (Å²) in [6.07, 6.45) is 1.63. The zero-order chi connectivity index (χ0) is 13.2. The van der Waals surface area contributed by atoms with Crippen molar-refractivity contribution >= 4 is 16.9 Å². The highest BCUT2D eigenvalue weighted by Gasteiger charge is 2.26. The van der Waals surface area contributed by atoms with E-state index in [1.165, 1.54) is 0 Å². The predicted molar refractivity (Wildman–Crippen MR) is 67.5 cm³/mol. The molecule has 0 saturated heterocycles. The van der Waals surface area contributed by atoms with E-state index >= 15 is 0 Å². The Morgan fingerprint density at radius 1 is 1.44 bits per heavy atom. The second kappa shape index (κ2) is 4.53. The predicted octanol–water partition coefficient (Wildman–Crippen LogP) is 2.60. The van der Waals surface area contributed by atoms with E-state index in [9.17, 15) is 4.79 Å². The van der Waals surface area contributed by atoms with Crippen LogP contribution in [0.5, 0.6) is 0 Å². The number of hydrogen-bond acceptors (Lipinski definition) is 3. The van der Waals surface area contributed by atoms with E-state index < -0.39 is 5.41 Å². The maximum atomic E-state index is 11.8. The Kier molecular flexibility index (Phi) is 3.07. The van der Waals surface area contributed by atoms with Gasteiger partial charge in [-0.1, -0.05) is 18.2 Å². The maximum absolute atomic E-state index is 11.8. The zero-order valence-corrected chi connectivity index (χ0v) is 10.4. The molecule has 0 fully saturated rings. The summed E-state index contributed by atoms with van der Waals surface area (Å²) in [5.41, 5.74) is 0.688. The lowest BCUT2D eigenvalue weighted by molar-refractivity contribution is -0.126. The van der Waals surface area contributed by atoms with Crippen molar-refractivity contribution < 1.29 is 9.21 Å². The first-order valence-corrected chi connectivity index (χ1v) is 5.69. The number of fused-ring (bicyclic) bond motifs is 1. The van der Waals surface area contributed by atoms with E-state index in [-0.39, 0.29) is 5.91 Å². The van der Waals surface area contributed by atoms with E-state index in [4.69, 9.17) is 9.68 Å². The Morgan fingerprint density at radius 3 is 2.89 bits per heavy atom. The highest BCUT2D eigenvalue weighted by Crippen LogP contribution is 2.21. The molecule has 0 aliphatic carbocycles. The van der Waals surface area contributed by atoms with Gasteiger partial charge < -0.3 is 9.73 Å². The van der Waals surface area contributed by atoms with Gasteiger partial charge in [-0.25, -0.2) is 0 Å². The summed E-state index contributed by atoms with van der Waals surface area (Å²) in [7, 11) is 0. The molecule has 0 spiro atoms. The van der Waals surface area contributed by atoms with E-state index in [0.717, 1.165) is 16.5 Å². The van der Waals surface area contributed by atoms with Gasteiger partial charge in [-0.15, -0.1) is 0 Å². The number of nitriles is 1.